The number of benzene rings is 2. The Kier molecular flexibility index (Phi) is 7.15. The van der Waals surface area contributed by atoms with E-state index in [0.29, 0.717) is 29.5 Å². The van der Waals surface area contributed by atoms with Crippen LogP contribution in [0.15, 0.2) is 42.5 Å². The molecule has 30 heavy (non-hydrogen) atoms. The molecule has 1 atom stereocenters. The van der Waals surface area contributed by atoms with Gasteiger partial charge in [0, 0.05) is 41.5 Å². The minimum Gasteiger partial charge on any atom is -0.494 e. The number of halogens is 2. The Morgan fingerprint density at radius 1 is 1.10 bits per heavy atom. The van der Waals surface area contributed by atoms with Gasteiger partial charge in [-0.2, -0.15) is 0 Å². The molecule has 160 valence electrons. The smallest absolute Gasteiger partial charge is 0.321 e. The molecule has 2 aromatic rings. The molecule has 0 unspecified atom stereocenters. The maximum Gasteiger partial charge on any atom is 0.321 e. The quantitative estimate of drug-likeness (QED) is 0.696. The Balaban J connectivity index is 1.50. The van der Waals surface area contributed by atoms with Crippen molar-refractivity contribution in [2.24, 2.45) is 11.8 Å². The van der Waals surface area contributed by atoms with Gasteiger partial charge in [-0.1, -0.05) is 18.5 Å². The van der Waals surface area contributed by atoms with Crippen molar-refractivity contribution in [3.63, 3.8) is 0 Å². The van der Waals surface area contributed by atoms with Crippen molar-refractivity contribution in [2.75, 3.05) is 30.8 Å². The standard InChI is InChI=1S/C22H25ClFN3O3/c1-14(21(28)25-18-7-8-20(30-2)19(24)13-18)15-9-11-27(12-10-15)22(29)26-17-5-3-16(23)4-6-17/h3-8,13-15H,9-12H2,1-2H3,(H,25,28)(H,26,29)/t14-/m0/s1. The number of ether oxygens (including phenoxy) is 1. The largest absolute Gasteiger partial charge is 0.494 e. The van der Waals surface area contributed by atoms with E-state index in [4.69, 9.17) is 16.3 Å². The van der Waals surface area contributed by atoms with E-state index in [9.17, 15) is 14.0 Å². The van der Waals surface area contributed by atoms with Gasteiger partial charge in [-0.3, -0.25) is 4.79 Å². The van der Waals surface area contributed by atoms with Crippen molar-refractivity contribution in [3.8, 4) is 5.75 Å². The Hall–Kier alpha value is -2.80. The number of carbonyl (C=O) groups is 2. The molecule has 8 heteroatoms. The first kappa shape index (κ1) is 21.9. The highest BCUT2D eigenvalue weighted by Crippen LogP contribution is 2.27. The van der Waals surface area contributed by atoms with Crippen LogP contribution >= 0.6 is 11.6 Å². The predicted molar refractivity (Wildman–Crippen MR) is 116 cm³/mol. The summed E-state index contributed by atoms with van der Waals surface area (Å²) in [6, 6.07) is 11.1. The van der Waals surface area contributed by atoms with Crippen LogP contribution in [0.2, 0.25) is 5.02 Å². The van der Waals surface area contributed by atoms with Crippen LogP contribution in [0.25, 0.3) is 0 Å². The summed E-state index contributed by atoms with van der Waals surface area (Å²) in [5.41, 5.74) is 1.08. The first-order valence-electron chi connectivity index (χ1n) is 9.83. The van der Waals surface area contributed by atoms with Crippen LogP contribution in [-0.4, -0.2) is 37.0 Å². The number of nitrogens with one attached hydrogen (secondary N) is 2. The summed E-state index contributed by atoms with van der Waals surface area (Å²) in [6.07, 6.45) is 1.44. The fraction of sp³-hybridized carbons (Fsp3) is 0.364. The minimum absolute atomic E-state index is 0.130. The molecular formula is C22H25ClFN3O3. The number of hydrogen-bond acceptors (Lipinski definition) is 3. The lowest BCUT2D eigenvalue weighted by Crippen LogP contribution is -2.43. The fourth-order valence-corrected chi connectivity index (χ4v) is 3.68. The molecule has 2 N–H and O–H groups in total. The van der Waals surface area contributed by atoms with Crippen LogP contribution in [0, 0.1) is 17.7 Å². The van der Waals surface area contributed by atoms with Crippen molar-refractivity contribution in [3.05, 3.63) is 53.3 Å². The molecule has 0 spiro atoms. The van der Waals surface area contributed by atoms with Crippen LogP contribution in [0.3, 0.4) is 0 Å². The number of nitrogens with zero attached hydrogens (tertiary/aromatic N) is 1. The van der Waals surface area contributed by atoms with Crippen molar-refractivity contribution < 1.29 is 18.7 Å². The molecular weight excluding hydrogens is 409 g/mol. The van der Waals surface area contributed by atoms with E-state index < -0.39 is 5.82 Å². The molecule has 3 rings (SSSR count). The van der Waals surface area contributed by atoms with E-state index in [1.165, 1.54) is 19.2 Å². The predicted octanol–water partition coefficient (Wildman–Crippen LogP) is 5.01. The molecule has 0 aromatic heterocycles. The SMILES string of the molecule is COc1ccc(NC(=O)[C@@H](C)C2CCN(C(=O)Nc3ccc(Cl)cc3)CC2)cc1F. The summed E-state index contributed by atoms with van der Waals surface area (Å²) < 4.78 is 18.7. The topological polar surface area (TPSA) is 70.7 Å². The lowest BCUT2D eigenvalue weighted by atomic mass is 9.85. The molecule has 1 heterocycles. The van der Waals surface area contributed by atoms with Gasteiger partial charge in [-0.15, -0.1) is 0 Å². The Labute approximate surface area is 180 Å². The van der Waals surface area contributed by atoms with E-state index in [1.54, 1.807) is 35.2 Å². The number of piperidine rings is 1. The van der Waals surface area contributed by atoms with E-state index in [0.717, 1.165) is 12.8 Å². The zero-order chi connectivity index (χ0) is 21.7. The van der Waals surface area contributed by atoms with Gasteiger partial charge in [-0.25, -0.2) is 9.18 Å². The molecule has 1 aliphatic heterocycles. The highest BCUT2D eigenvalue weighted by molar-refractivity contribution is 6.30. The first-order valence-corrected chi connectivity index (χ1v) is 10.2. The highest BCUT2D eigenvalue weighted by Gasteiger charge is 2.30. The van der Waals surface area contributed by atoms with Crippen LogP contribution in [0.5, 0.6) is 5.75 Å². The Morgan fingerprint density at radius 3 is 2.33 bits per heavy atom. The molecule has 0 saturated carbocycles. The molecule has 1 saturated heterocycles. The summed E-state index contributed by atoms with van der Waals surface area (Å²) in [7, 11) is 1.39. The number of rotatable bonds is 5. The number of amides is 3. The molecule has 0 bridgehead atoms. The van der Waals surface area contributed by atoms with E-state index >= 15 is 0 Å². The van der Waals surface area contributed by atoms with E-state index in [2.05, 4.69) is 10.6 Å². The average Bonchev–Trinajstić information content (AvgIpc) is 2.75. The van der Waals surface area contributed by atoms with Gasteiger partial charge in [0.2, 0.25) is 5.91 Å². The van der Waals surface area contributed by atoms with Gasteiger partial charge in [0.15, 0.2) is 11.6 Å². The second-order valence-corrected chi connectivity index (χ2v) is 7.83. The van der Waals surface area contributed by atoms with Crippen molar-refractivity contribution in [2.45, 2.75) is 19.8 Å². The second-order valence-electron chi connectivity index (χ2n) is 7.39. The molecule has 6 nitrogen and oxygen atoms in total. The van der Waals surface area contributed by atoms with Gasteiger partial charge in [0.25, 0.3) is 0 Å². The van der Waals surface area contributed by atoms with Gasteiger partial charge < -0.3 is 20.3 Å². The van der Waals surface area contributed by atoms with Crippen molar-refractivity contribution >= 4 is 34.9 Å². The summed E-state index contributed by atoms with van der Waals surface area (Å²) in [5.74, 6) is -0.666. The molecule has 0 aliphatic carbocycles. The lowest BCUT2D eigenvalue weighted by Gasteiger charge is -2.34. The number of anilines is 2. The fourth-order valence-electron chi connectivity index (χ4n) is 3.55. The zero-order valence-electron chi connectivity index (χ0n) is 17.0. The number of hydrogen-bond donors (Lipinski definition) is 2. The van der Waals surface area contributed by atoms with E-state index in [-0.39, 0.29) is 29.5 Å². The zero-order valence-corrected chi connectivity index (χ0v) is 17.7. The van der Waals surface area contributed by atoms with Crippen molar-refractivity contribution in [1.29, 1.82) is 0 Å². The number of urea groups is 1. The Bertz CT molecular complexity index is 899. The third kappa shape index (κ3) is 5.42. The van der Waals surface area contributed by atoms with Gasteiger partial charge in [-0.05, 0) is 55.2 Å². The van der Waals surface area contributed by atoms with Gasteiger partial charge >= 0.3 is 6.03 Å². The number of methoxy groups -OCH3 is 1. The number of carbonyl (C=O) groups excluding carboxylic acids is 2. The normalized spacial score (nSPS) is 15.4. The maximum atomic E-state index is 13.8. The van der Waals surface area contributed by atoms with Gasteiger partial charge in [0.1, 0.15) is 0 Å². The molecule has 1 aliphatic rings. The van der Waals surface area contributed by atoms with Crippen LogP contribution in [0.1, 0.15) is 19.8 Å². The first-order chi connectivity index (χ1) is 14.4. The van der Waals surface area contributed by atoms with Crippen LogP contribution in [0.4, 0.5) is 20.6 Å². The molecule has 0 radical (unpaired) electrons. The maximum absolute atomic E-state index is 13.8. The third-order valence-corrected chi connectivity index (χ3v) is 5.71. The summed E-state index contributed by atoms with van der Waals surface area (Å²) >= 11 is 5.86. The van der Waals surface area contributed by atoms with Crippen LogP contribution < -0.4 is 15.4 Å². The molecule has 3 amide bonds. The average molecular weight is 434 g/mol. The lowest BCUT2D eigenvalue weighted by molar-refractivity contribution is -0.121. The summed E-state index contributed by atoms with van der Waals surface area (Å²) in [6.45, 7) is 3.00. The van der Waals surface area contributed by atoms with E-state index in [1.807, 2.05) is 6.92 Å². The monoisotopic (exact) mass is 433 g/mol. The van der Waals surface area contributed by atoms with Gasteiger partial charge in [0.05, 0.1) is 7.11 Å². The number of likely N-dealkylation sites (tertiary alicyclic amines) is 1. The van der Waals surface area contributed by atoms with Crippen molar-refractivity contribution in [1.82, 2.24) is 4.90 Å². The second kappa shape index (κ2) is 9.80. The minimum atomic E-state index is -0.525. The summed E-state index contributed by atoms with van der Waals surface area (Å²) in [4.78, 5) is 26.8. The van der Waals surface area contributed by atoms with Crippen LogP contribution in [-0.2, 0) is 4.79 Å². The molecule has 1 fully saturated rings. The Morgan fingerprint density at radius 2 is 1.73 bits per heavy atom. The highest BCUT2D eigenvalue weighted by atomic mass is 35.5. The molecule has 2 aromatic carbocycles. The third-order valence-electron chi connectivity index (χ3n) is 5.46. The summed E-state index contributed by atoms with van der Waals surface area (Å²) in [5, 5.41) is 6.23.